The zero-order chi connectivity index (χ0) is 20.7. The number of alkyl halides is 3. The zero-order valence-electron chi connectivity index (χ0n) is 16.4. The normalized spacial score (nSPS) is 13.2. The second-order valence-corrected chi connectivity index (χ2v) is 6.54. The van der Waals surface area contributed by atoms with Gasteiger partial charge in [0, 0.05) is 18.3 Å². The van der Waals surface area contributed by atoms with Crippen molar-refractivity contribution in [2.75, 3.05) is 7.05 Å². The summed E-state index contributed by atoms with van der Waals surface area (Å²) >= 11 is 0. The van der Waals surface area contributed by atoms with Crippen molar-refractivity contribution in [1.82, 2.24) is 0 Å². The molecule has 1 nitrogen and oxygen atoms in total. The average Bonchev–Trinajstić information content (AvgIpc) is 2.53. The monoisotopic (exact) mass is 369 g/mol. The SMILES string of the molecule is C#C/C(=C(/C)C(C)=NC)C(C)C.CC(C)c1ccc(C(F)(F)F)cc1F. The molecular formula is C21H27F4N. The standard InChI is InChI=1S/C11H17N.C10H10F4/c1-7-11(8(2)3)9(4)10(5)12-6;1-6(2)8-4-3-7(5-9(8)11)10(12,13)14/h1,8H,2-6H3;3-6H,1-2H3/b11-9+,12-10?;. The lowest BCUT2D eigenvalue weighted by Crippen LogP contribution is -2.06. The topological polar surface area (TPSA) is 12.4 Å². The third kappa shape index (κ3) is 7.03. The molecule has 1 rings (SSSR count). The van der Waals surface area contributed by atoms with Crippen molar-refractivity contribution in [3.63, 3.8) is 0 Å². The Bertz CT molecular complexity index is 702. The van der Waals surface area contributed by atoms with Crippen LogP contribution in [0.1, 0.15) is 58.6 Å². The van der Waals surface area contributed by atoms with Crippen LogP contribution in [0.3, 0.4) is 0 Å². The highest BCUT2D eigenvalue weighted by Crippen LogP contribution is 2.31. The lowest BCUT2D eigenvalue weighted by molar-refractivity contribution is -0.137. The van der Waals surface area contributed by atoms with E-state index in [1.165, 1.54) is 6.07 Å². The number of benzene rings is 1. The Morgan fingerprint density at radius 1 is 1.12 bits per heavy atom. The van der Waals surface area contributed by atoms with Crippen LogP contribution in [0.15, 0.2) is 34.3 Å². The molecule has 0 bridgehead atoms. The maximum Gasteiger partial charge on any atom is 0.416 e. The molecule has 0 spiro atoms. The maximum atomic E-state index is 13.1. The van der Waals surface area contributed by atoms with Gasteiger partial charge in [-0.05, 0) is 49.0 Å². The summed E-state index contributed by atoms with van der Waals surface area (Å²) in [5.74, 6) is 2.21. The van der Waals surface area contributed by atoms with Crippen molar-refractivity contribution in [3.05, 3.63) is 46.3 Å². The van der Waals surface area contributed by atoms with Gasteiger partial charge in [0.15, 0.2) is 0 Å². The van der Waals surface area contributed by atoms with Crippen LogP contribution in [-0.2, 0) is 6.18 Å². The number of hydrogen-bond acceptors (Lipinski definition) is 1. The van der Waals surface area contributed by atoms with Crippen LogP contribution >= 0.6 is 0 Å². The first kappa shape index (κ1) is 23.9. The first-order valence-electron chi connectivity index (χ1n) is 8.34. The summed E-state index contributed by atoms with van der Waals surface area (Å²) in [7, 11) is 1.79. The van der Waals surface area contributed by atoms with Gasteiger partial charge in [0.2, 0.25) is 0 Å². The third-order valence-corrected chi connectivity index (χ3v) is 3.96. The Labute approximate surface area is 154 Å². The smallest absolute Gasteiger partial charge is 0.293 e. The van der Waals surface area contributed by atoms with E-state index in [1.807, 2.05) is 13.8 Å². The van der Waals surface area contributed by atoms with Gasteiger partial charge in [0.1, 0.15) is 5.82 Å². The number of aliphatic imine (C=N–C) groups is 1. The number of rotatable bonds is 3. The summed E-state index contributed by atoms with van der Waals surface area (Å²) in [6.45, 7) is 11.7. The molecule has 0 aromatic heterocycles. The van der Waals surface area contributed by atoms with E-state index >= 15 is 0 Å². The molecule has 0 amide bonds. The minimum Gasteiger partial charge on any atom is -0.293 e. The molecule has 1 aromatic carbocycles. The van der Waals surface area contributed by atoms with Gasteiger partial charge < -0.3 is 0 Å². The van der Waals surface area contributed by atoms with E-state index < -0.39 is 17.6 Å². The van der Waals surface area contributed by atoms with Crippen molar-refractivity contribution in [2.24, 2.45) is 10.9 Å². The van der Waals surface area contributed by atoms with Gasteiger partial charge in [-0.3, -0.25) is 4.99 Å². The first-order valence-corrected chi connectivity index (χ1v) is 8.34. The highest BCUT2D eigenvalue weighted by atomic mass is 19.4. The summed E-state index contributed by atoms with van der Waals surface area (Å²) in [6, 6.07) is 2.62. The number of halogens is 4. The fraction of sp³-hybridized carbons (Fsp3) is 0.476. The summed E-state index contributed by atoms with van der Waals surface area (Å²) in [6.07, 6.45) is 0.928. The van der Waals surface area contributed by atoms with E-state index in [0.717, 1.165) is 22.9 Å². The van der Waals surface area contributed by atoms with Crippen LogP contribution in [0.4, 0.5) is 17.6 Å². The number of terminal acetylenes is 1. The number of nitrogens with zero attached hydrogens (tertiary/aromatic N) is 1. The Morgan fingerprint density at radius 3 is 1.96 bits per heavy atom. The molecule has 0 aliphatic heterocycles. The summed E-state index contributed by atoms with van der Waals surface area (Å²) < 4.78 is 49.5. The van der Waals surface area contributed by atoms with Crippen molar-refractivity contribution >= 4 is 5.71 Å². The third-order valence-electron chi connectivity index (χ3n) is 3.96. The van der Waals surface area contributed by atoms with E-state index in [4.69, 9.17) is 6.42 Å². The van der Waals surface area contributed by atoms with Crippen molar-refractivity contribution < 1.29 is 17.6 Å². The van der Waals surface area contributed by atoms with Crippen molar-refractivity contribution in [2.45, 2.75) is 53.6 Å². The highest BCUT2D eigenvalue weighted by molar-refractivity contribution is 5.98. The molecular weight excluding hydrogens is 342 g/mol. The fourth-order valence-corrected chi connectivity index (χ4v) is 2.24. The molecule has 0 fully saturated rings. The van der Waals surface area contributed by atoms with Crippen LogP contribution in [0.5, 0.6) is 0 Å². The Balaban J connectivity index is 0.000000488. The minimum absolute atomic E-state index is 0.114. The van der Waals surface area contributed by atoms with Crippen molar-refractivity contribution in [1.29, 1.82) is 0 Å². The Hall–Kier alpha value is -2.09. The molecule has 0 saturated heterocycles. The van der Waals surface area contributed by atoms with E-state index in [-0.39, 0.29) is 5.92 Å². The number of allylic oxidation sites excluding steroid dienone is 2. The van der Waals surface area contributed by atoms with Crippen LogP contribution in [0.25, 0.3) is 0 Å². The predicted molar refractivity (Wildman–Crippen MR) is 101 cm³/mol. The summed E-state index contributed by atoms with van der Waals surface area (Å²) in [5.41, 5.74) is 2.57. The first-order chi connectivity index (χ1) is 11.9. The molecule has 0 radical (unpaired) electrons. The molecule has 0 heterocycles. The Kier molecular flexibility index (Phi) is 9.34. The average molecular weight is 369 g/mol. The van der Waals surface area contributed by atoms with Crippen LogP contribution in [0, 0.1) is 24.1 Å². The van der Waals surface area contributed by atoms with Gasteiger partial charge >= 0.3 is 6.18 Å². The maximum absolute atomic E-state index is 13.1. The van der Waals surface area contributed by atoms with Gasteiger partial charge in [-0.15, -0.1) is 6.42 Å². The summed E-state index contributed by atoms with van der Waals surface area (Å²) in [5, 5.41) is 0. The molecule has 1 aromatic rings. The van der Waals surface area contributed by atoms with Crippen LogP contribution in [-0.4, -0.2) is 12.8 Å². The second kappa shape index (κ2) is 10.2. The van der Waals surface area contributed by atoms with Gasteiger partial charge in [-0.2, -0.15) is 13.2 Å². The fourth-order valence-electron chi connectivity index (χ4n) is 2.24. The molecule has 0 saturated carbocycles. The van der Waals surface area contributed by atoms with E-state index in [9.17, 15) is 17.6 Å². The van der Waals surface area contributed by atoms with E-state index in [0.29, 0.717) is 17.5 Å². The molecule has 0 N–H and O–H groups in total. The summed E-state index contributed by atoms with van der Waals surface area (Å²) in [4.78, 5) is 4.10. The van der Waals surface area contributed by atoms with E-state index in [1.54, 1.807) is 20.9 Å². The van der Waals surface area contributed by atoms with Crippen molar-refractivity contribution in [3.8, 4) is 12.3 Å². The van der Waals surface area contributed by atoms with Crippen LogP contribution in [0.2, 0.25) is 0 Å². The van der Waals surface area contributed by atoms with Gasteiger partial charge in [-0.1, -0.05) is 39.7 Å². The van der Waals surface area contributed by atoms with Crippen LogP contribution < -0.4 is 0 Å². The van der Waals surface area contributed by atoms with E-state index in [2.05, 4.69) is 24.8 Å². The minimum atomic E-state index is -4.48. The largest absolute Gasteiger partial charge is 0.416 e. The number of hydrogen-bond donors (Lipinski definition) is 0. The second-order valence-electron chi connectivity index (χ2n) is 6.54. The molecule has 0 aliphatic rings. The van der Waals surface area contributed by atoms with Gasteiger partial charge in [0.25, 0.3) is 0 Å². The zero-order valence-corrected chi connectivity index (χ0v) is 16.4. The molecule has 144 valence electrons. The van der Waals surface area contributed by atoms with Gasteiger partial charge in [0.05, 0.1) is 5.56 Å². The lowest BCUT2D eigenvalue weighted by atomic mass is 9.96. The molecule has 5 heteroatoms. The molecule has 0 atom stereocenters. The van der Waals surface area contributed by atoms with Gasteiger partial charge in [-0.25, -0.2) is 4.39 Å². The highest BCUT2D eigenvalue weighted by Gasteiger charge is 2.31. The molecule has 0 aliphatic carbocycles. The predicted octanol–water partition coefficient (Wildman–Crippen LogP) is 6.65. The molecule has 0 unspecified atom stereocenters. The quantitative estimate of drug-likeness (QED) is 0.321. The Morgan fingerprint density at radius 2 is 1.65 bits per heavy atom. The lowest BCUT2D eigenvalue weighted by Gasteiger charge is -2.10. The molecule has 26 heavy (non-hydrogen) atoms.